The minimum absolute atomic E-state index is 0.122. The maximum absolute atomic E-state index is 12.5. The molecule has 4 N–H and O–H groups in total. The van der Waals surface area contributed by atoms with Crippen molar-refractivity contribution in [3.05, 3.63) is 29.6 Å². The predicted octanol–water partition coefficient (Wildman–Crippen LogP) is 2.21. The number of rotatable bonds is 9. The van der Waals surface area contributed by atoms with Crippen LogP contribution in [-0.2, 0) is 22.1 Å². The molecular weight excluding hydrogens is 455 g/mol. The number of alkyl carbamates (subject to hydrolysis) is 1. The quantitative estimate of drug-likeness (QED) is 0.242. The van der Waals surface area contributed by atoms with Gasteiger partial charge in [-0.05, 0) is 62.0 Å². The van der Waals surface area contributed by atoms with Gasteiger partial charge in [-0.2, -0.15) is 18.3 Å². The minimum Gasteiger partial charge on any atom is -0.446 e. The van der Waals surface area contributed by atoms with Crippen LogP contribution >= 0.6 is 0 Å². The number of hydrazone groups is 1. The van der Waals surface area contributed by atoms with E-state index in [0.717, 1.165) is 31.5 Å². The molecule has 0 aliphatic heterocycles. The first-order chi connectivity index (χ1) is 16.1. The number of pyridine rings is 1. The van der Waals surface area contributed by atoms with Gasteiger partial charge in [-0.3, -0.25) is 9.78 Å². The molecule has 1 heterocycles. The van der Waals surface area contributed by atoms with Crippen LogP contribution in [0.2, 0.25) is 0 Å². The SMILES string of the molecule is C/C(=N\NC[C@@H]1CC[C@H](OC(=O)NC[C@H]2C[C@@H]2CO)C1)NC(=O)Cc1ccc(C(F)(F)F)nc1. The Morgan fingerprint density at radius 2 is 2.00 bits per heavy atom. The highest BCUT2D eigenvalue weighted by Gasteiger charge is 2.36. The number of amidine groups is 1. The van der Waals surface area contributed by atoms with Crippen LogP contribution in [-0.4, -0.2) is 53.7 Å². The van der Waals surface area contributed by atoms with Crippen molar-refractivity contribution in [3.63, 3.8) is 0 Å². The number of aliphatic hydroxyl groups excluding tert-OH is 1. The predicted molar refractivity (Wildman–Crippen MR) is 116 cm³/mol. The van der Waals surface area contributed by atoms with Crippen molar-refractivity contribution >= 4 is 17.8 Å². The zero-order chi connectivity index (χ0) is 24.7. The highest BCUT2D eigenvalue weighted by molar-refractivity contribution is 5.97. The van der Waals surface area contributed by atoms with E-state index in [1.165, 1.54) is 6.07 Å². The number of halogens is 3. The molecule has 0 aromatic carbocycles. The maximum atomic E-state index is 12.5. The Bertz CT molecular complexity index is 878. The second-order valence-electron chi connectivity index (χ2n) is 8.86. The van der Waals surface area contributed by atoms with Gasteiger partial charge in [0.05, 0.1) is 6.42 Å². The number of aliphatic hydroxyl groups is 1. The lowest BCUT2D eigenvalue weighted by Crippen LogP contribution is -2.32. The van der Waals surface area contributed by atoms with Gasteiger partial charge in [0.1, 0.15) is 17.6 Å². The Morgan fingerprint density at radius 3 is 2.65 bits per heavy atom. The van der Waals surface area contributed by atoms with Crippen LogP contribution in [0.15, 0.2) is 23.4 Å². The molecule has 34 heavy (non-hydrogen) atoms. The molecule has 0 spiro atoms. The van der Waals surface area contributed by atoms with E-state index in [2.05, 4.69) is 26.1 Å². The molecule has 2 saturated carbocycles. The van der Waals surface area contributed by atoms with Gasteiger partial charge in [-0.15, -0.1) is 0 Å². The lowest BCUT2D eigenvalue weighted by Gasteiger charge is -2.14. The first kappa shape index (κ1) is 25.7. The van der Waals surface area contributed by atoms with Crippen molar-refractivity contribution < 1.29 is 32.6 Å². The van der Waals surface area contributed by atoms with Crippen molar-refractivity contribution in [2.45, 2.75) is 51.3 Å². The number of nitrogens with zero attached hydrogens (tertiary/aromatic N) is 2. The second kappa shape index (κ2) is 11.5. The molecule has 2 aliphatic rings. The van der Waals surface area contributed by atoms with Gasteiger partial charge in [0.25, 0.3) is 0 Å². The normalized spacial score (nSPS) is 24.4. The lowest BCUT2D eigenvalue weighted by atomic mass is 10.1. The highest BCUT2D eigenvalue weighted by Crippen LogP contribution is 2.37. The van der Waals surface area contributed by atoms with E-state index in [1.807, 2.05) is 0 Å². The molecule has 2 fully saturated rings. The fourth-order valence-electron chi connectivity index (χ4n) is 3.96. The molecule has 188 valence electrons. The van der Waals surface area contributed by atoms with Crippen molar-refractivity contribution in [1.82, 2.24) is 21.0 Å². The first-order valence-electron chi connectivity index (χ1n) is 11.3. The summed E-state index contributed by atoms with van der Waals surface area (Å²) in [5.41, 5.74) is 2.26. The summed E-state index contributed by atoms with van der Waals surface area (Å²) in [4.78, 5) is 27.3. The van der Waals surface area contributed by atoms with Crippen molar-refractivity contribution in [2.75, 3.05) is 19.7 Å². The fraction of sp³-hybridized carbons (Fsp3) is 0.636. The number of carbonyl (C=O) groups excluding carboxylic acids is 2. The molecule has 0 saturated heterocycles. The van der Waals surface area contributed by atoms with Crippen molar-refractivity contribution in [2.24, 2.45) is 22.9 Å². The molecule has 1 aromatic rings. The van der Waals surface area contributed by atoms with Gasteiger partial charge in [0.2, 0.25) is 5.91 Å². The minimum atomic E-state index is -4.52. The molecule has 1 aromatic heterocycles. The zero-order valence-corrected chi connectivity index (χ0v) is 18.9. The number of ether oxygens (including phenoxy) is 1. The molecule has 0 radical (unpaired) electrons. The number of aromatic nitrogens is 1. The summed E-state index contributed by atoms with van der Waals surface area (Å²) in [5.74, 6) is 0.812. The molecule has 12 heteroatoms. The average molecular weight is 486 g/mol. The summed E-state index contributed by atoms with van der Waals surface area (Å²) in [6.45, 7) is 2.83. The summed E-state index contributed by atoms with van der Waals surface area (Å²) in [6.07, 6.45) is -0.901. The molecule has 2 aliphatic carbocycles. The molecule has 9 nitrogen and oxygen atoms in total. The monoisotopic (exact) mass is 485 g/mol. The third-order valence-electron chi connectivity index (χ3n) is 6.01. The van der Waals surface area contributed by atoms with E-state index < -0.39 is 23.9 Å². The second-order valence-corrected chi connectivity index (χ2v) is 8.86. The summed E-state index contributed by atoms with van der Waals surface area (Å²) >= 11 is 0. The Morgan fingerprint density at radius 1 is 1.21 bits per heavy atom. The van der Waals surface area contributed by atoms with Crippen LogP contribution in [0.4, 0.5) is 18.0 Å². The maximum Gasteiger partial charge on any atom is 0.433 e. The van der Waals surface area contributed by atoms with E-state index >= 15 is 0 Å². The molecule has 3 rings (SSSR count). The zero-order valence-electron chi connectivity index (χ0n) is 18.9. The Kier molecular flexibility index (Phi) is 8.70. The fourth-order valence-corrected chi connectivity index (χ4v) is 3.96. The van der Waals surface area contributed by atoms with Crippen LogP contribution in [0.3, 0.4) is 0 Å². The van der Waals surface area contributed by atoms with Gasteiger partial charge in [-0.25, -0.2) is 4.79 Å². The van der Waals surface area contributed by atoms with Crippen LogP contribution in [0.5, 0.6) is 0 Å². The number of alkyl halides is 3. The number of hydrogen-bond acceptors (Lipinski definition) is 7. The number of carbonyl (C=O) groups is 2. The summed E-state index contributed by atoms with van der Waals surface area (Å²) < 4.78 is 43.1. The van der Waals surface area contributed by atoms with E-state index in [4.69, 9.17) is 9.84 Å². The molecular formula is C22H30F3N5O4. The third kappa shape index (κ3) is 8.15. The van der Waals surface area contributed by atoms with Crippen LogP contribution < -0.4 is 16.1 Å². The molecule has 0 bridgehead atoms. The van der Waals surface area contributed by atoms with Crippen LogP contribution in [0.25, 0.3) is 0 Å². The topological polar surface area (TPSA) is 125 Å². The lowest BCUT2D eigenvalue weighted by molar-refractivity contribution is -0.141. The van der Waals surface area contributed by atoms with E-state index in [9.17, 15) is 22.8 Å². The van der Waals surface area contributed by atoms with Crippen molar-refractivity contribution in [1.29, 1.82) is 0 Å². The van der Waals surface area contributed by atoms with E-state index in [1.54, 1.807) is 6.92 Å². The van der Waals surface area contributed by atoms with Crippen molar-refractivity contribution in [3.8, 4) is 0 Å². The third-order valence-corrected chi connectivity index (χ3v) is 6.01. The number of amides is 2. The molecule has 0 unspecified atom stereocenters. The van der Waals surface area contributed by atoms with Gasteiger partial charge < -0.3 is 25.9 Å². The van der Waals surface area contributed by atoms with E-state index in [-0.39, 0.29) is 31.0 Å². The van der Waals surface area contributed by atoms with Gasteiger partial charge in [0, 0.05) is 25.9 Å². The highest BCUT2D eigenvalue weighted by atomic mass is 19.4. The Labute approximate surface area is 195 Å². The Hall–Kier alpha value is -2.89. The van der Waals surface area contributed by atoms with E-state index in [0.29, 0.717) is 36.8 Å². The summed E-state index contributed by atoms with van der Waals surface area (Å²) in [7, 11) is 0. The first-order valence-corrected chi connectivity index (χ1v) is 11.3. The van der Waals surface area contributed by atoms with Gasteiger partial charge >= 0.3 is 12.3 Å². The van der Waals surface area contributed by atoms with Crippen LogP contribution in [0.1, 0.15) is 43.9 Å². The average Bonchev–Trinajstić information content (AvgIpc) is 3.41. The Balaban J connectivity index is 1.30. The van der Waals surface area contributed by atoms with Crippen LogP contribution in [0, 0.1) is 17.8 Å². The van der Waals surface area contributed by atoms with Gasteiger partial charge in [0.15, 0.2) is 0 Å². The molecule has 4 atom stereocenters. The number of nitrogens with one attached hydrogen (secondary N) is 3. The largest absolute Gasteiger partial charge is 0.446 e. The molecule has 2 amide bonds. The summed E-state index contributed by atoms with van der Waals surface area (Å²) in [6, 6.07) is 2.06. The smallest absolute Gasteiger partial charge is 0.433 e. The standard InChI is InChI=1S/C22H30F3N5O4/c1-13(29-20(32)7-15-3-5-19(26-9-15)22(23,24)25)30-28-10-14-2-4-18(6-14)34-21(33)27-11-16-8-17(16)12-31/h3,5,9,14,16-18,28,31H,2,4,6-8,10-12H2,1H3,(H,27,33)(H,29,30,32)/t14-,16-,17-,18+/m1/s1. The summed E-state index contributed by atoms with van der Waals surface area (Å²) in [5, 5.41) is 18.5. The van der Waals surface area contributed by atoms with Gasteiger partial charge in [-0.1, -0.05) is 6.07 Å². The number of hydrogen-bond donors (Lipinski definition) is 4.